The van der Waals surface area contributed by atoms with E-state index in [4.69, 9.17) is 16.3 Å². The molecule has 0 fully saturated rings. The van der Waals surface area contributed by atoms with E-state index in [9.17, 15) is 13.2 Å². The summed E-state index contributed by atoms with van der Waals surface area (Å²) in [5.41, 5.74) is 1.31. The molecule has 0 aliphatic heterocycles. The topological polar surface area (TPSA) is 84.5 Å². The van der Waals surface area contributed by atoms with Crippen LogP contribution in [0.2, 0.25) is 5.02 Å². The summed E-state index contributed by atoms with van der Waals surface area (Å²) in [4.78, 5) is 12.5. The molecule has 0 aromatic heterocycles. The fourth-order valence-electron chi connectivity index (χ4n) is 2.64. The van der Waals surface area contributed by atoms with Crippen molar-refractivity contribution in [3.05, 3.63) is 83.4 Å². The Kier molecular flexibility index (Phi) is 6.64. The molecule has 0 atom stereocenters. The maximum Gasteiger partial charge on any atom is 0.261 e. The summed E-state index contributed by atoms with van der Waals surface area (Å²) in [6.07, 6.45) is 0.0489. The molecule has 3 aromatic carbocycles. The standard InChI is InChI=1S/C22H21ClN2O4S/c1-15(2)29-20-10-6-16(7-11-20)22(26)24-18-8-12-21(13-9-18)30(27,28)25-19-5-3-4-17(23)14-19/h3-15,25H,1-2H3,(H,24,26). The summed E-state index contributed by atoms with van der Waals surface area (Å²) in [5, 5.41) is 3.17. The van der Waals surface area contributed by atoms with Crippen molar-refractivity contribution in [1.82, 2.24) is 0 Å². The highest BCUT2D eigenvalue weighted by Gasteiger charge is 2.15. The van der Waals surface area contributed by atoms with Crippen LogP contribution >= 0.6 is 11.6 Å². The van der Waals surface area contributed by atoms with E-state index < -0.39 is 10.0 Å². The van der Waals surface area contributed by atoms with Gasteiger partial charge in [0, 0.05) is 16.3 Å². The average Bonchev–Trinajstić information content (AvgIpc) is 2.68. The van der Waals surface area contributed by atoms with E-state index >= 15 is 0 Å². The van der Waals surface area contributed by atoms with Crippen LogP contribution in [0.25, 0.3) is 0 Å². The van der Waals surface area contributed by atoms with Crippen molar-refractivity contribution in [3.63, 3.8) is 0 Å². The molecule has 0 heterocycles. The normalized spacial score (nSPS) is 11.2. The van der Waals surface area contributed by atoms with Crippen molar-refractivity contribution >= 4 is 38.9 Å². The highest BCUT2D eigenvalue weighted by atomic mass is 35.5. The van der Waals surface area contributed by atoms with Gasteiger partial charge >= 0.3 is 0 Å². The number of nitrogens with one attached hydrogen (secondary N) is 2. The highest BCUT2D eigenvalue weighted by molar-refractivity contribution is 7.92. The van der Waals surface area contributed by atoms with Crippen LogP contribution in [-0.4, -0.2) is 20.4 Å². The predicted molar refractivity (Wildman–Crippen MR) is 119 cm³/mol. The molecule has 0 spiro atoms. The molecule has 3 aromatic rings. The lowest BCUT2D eigenvalue weighted by Gasteiger charge is -2.11. The molecule has 0 aliphatic carbocycles. The van der Waals surface area contributed by atoms with Crippen LogP contribution in [0.15, 0.2) is 77.7 Å². The number of benzene rings is 3. The lowest BCUT2D eigenvalue weighted by Crippen LogP contribution is -2.14. The summed E-state index contributed by atoms with van der Waals surface area (Å²) in [6.45, 7) is 3.85. The first-order valence-electron chi connectivity index (χ1n) is 9.19. The molecule has 8 heteroatoms. The number of anilines is 2. The summed E-state index contributed by atoms with van der Waals surface area (Å²) in [7, 11) is -3.78. The van der Waals surface area contributed by atoms with Gasteiger partial charge in [-0.05, 0) is 80.6 Å². The Morgan fingerprint density at radius 2 is 1.60 bits per heavy atom. The Labute approximate surface area is 180 Å². The molecular weight excluding hydrogens is 424 g/mol. The fourth-order valence-corrected chi connectivity index (χ4v) is 3.88. The Morgan fingerprint density at radius 1 is 0.933 bits per heavy atom. The van der Waals surface area contributed by atoms with E-state index in [1.54, 1.807) is 42.5 Å². The number of carbonyl (C=O) groups excluding carboxylic acids is 1. The van der Waals surface area contributed by atoms with Gasteiger partial charge in [0.25, 0.3) is 15.9 Å². The van der Waals surface area contributed by atoms with Gasteiger partial charge in [-0.2, -0.15) is 0 Å². The zero-order valence-corrected chi connectivity index (χ0v) is 18.0. The van der Waals surface area contributed by atoms with Crippen LogP contribution in [0.1, 0.15) is 24.2 Å². The molecule has 0 bridgehead atoms. The van der Waals surface area contributed by atoms with Gasteiger partial charge in [-0.15, -0.1) is 0 Å². The van der Waals surface area contributed by atoms with Gasteiger partial charge < -0.3 is 10.1 Å². The number of hydrogen-bond donors (Lipinski definition) is 2. The molecule has 3 rings (SSSR count). The molecule has 30 heavy (non-hydrogen) atoms. The van der Waals surface area contributed by atoms with Gasteiger partial charge in [0.05, 0.1) is 16.7 Å². The number of hydrogen-bond acceptors (Lipinski definition) is 4. The van der Waals surface area contributed by atoms with Gasteiger partial charge in [0.2, 0.25) is 0 Å². The predicted octanol–water partition coefficient (Wildman–Crippen LogP) is 5.18. The number of rotatable bonds is 7. The van der Waals surface area contributed by atoms with Crippen molar-refractivity contribution in [1.29, 1.82) is 0 Å². The van der Waals surface area contributed by atoms with E-state index in [2.05, 4.69) is 10.0 Å². The first kappa shape index (κ1) is 21.7. The average molecular weight is 445 g/mol. The van der Waals surface area contributed by atoms with Crippen LogP contribution in [0.4, 0.5) is 11.4 Å². The van der Waals surface area contributed by atoms with Crippen LogP contribution in [-0.2, 0) is 10.0 Å². The van der Waals surface area contributed by atoms with Gasteiger partial charge in [-0.1, -0.05) is 17.7 Å². The minimum Gasteiger partial charge on any atom is -0.491 e. The van der Waals surface area contributed by atoms with Crippen molar-refractivity contribution < 1.29 is 17.9 Å². The van der Waals surface area contributed by atoms with Gasteiger partial charge in [0.1, 0.15) is 5.75 Å². The van der Waals surface area contributed by atoms with Crippen molar-refractivity contribution in [3.8, 4) is 5.75 Å². The maximum atomic E-state index is 12.5. The Balaban J connectivity index is 1.67. The lowest BCUT2D eigenvalue weighted by atomic mass is 10.2. The Bertz CT molecular complexity index is 1130. The van der Waals surface area contributed by atoms with E-state index in [-0.39, 0.29) is 16.9 Å². The zero-order chi connectivity index (χ0) is 21.7. The molecule has 0 aliphatic rings. The maximum absolute atomic E-state index is 12.5. The first-order valence-corrected chi connectivity index (χ1v) is 11.1. The van der Waals surface area contributed by atoms with Gasteiger partial charge in [-0.3, -0.25) is 9.52 Å². The van der Waals surface area contributed by atoms with E-state index in [1.165, 1.54) is 30.3 Å². The van der Waals surface area contributed by atoms with Crippen LogP contribution in [0, 0.1) is 0 Å². The summed E-state index contributed by atoms with van der Waals surface area (Å²) in [5.74, 6) is 0.377. The SMILES string of the molecule is CC(C)Oc1ccc(C(=O)Nc2ccc(S(=O)(=O)Nc3cccc(Cl)c3)cc2)cc1. The van der Waals surface area contributed by atoms with Gasteiger partial charge in [0.15, 0.2) is 0 Å². The molecular formula is C22H21ClN2O4S. The second kappa shape index (κ2) is 9.19. The fraction of sp³-hybridized carbons (Fsp3) is 0.136. The van der Waals surface area contributed by atoms with Gasteiger partial charge in [-0.25, -0.2) is 8.42 Å². The quantitative estimate of drug-likeness (QED) is 0.525. The molecule has 1 amide bonds. The summed E-state index contributed by atoms with van der Waals surface area (Å²) < 4.78 is 33.1. The largest absolute Gasteiger partial charge is 0.491 e. The van der Waals surface area contributed by atoms with E-state index in [1.807, 2.05) is 13.8 Å². The van der Waals surface area contributed by atoms with E-state index in [0.29, 0.717) is 27.7 Å². The zero-order valence-electron chi connectivity index (χ0n) is 16.4. The minimum absolute atomic E-state index is 0.0489. The monoisotopic (exact) mass is 444 g/mol. The number of ether oxygens (including phenoxy) is 1. The number of carbonyl (C=O) groups is 1. The second-order valence-electron chi connectivity index (χ2n) is 6.79. The van der Waals surface area contributed by atoms with Crippen LogP contribution in [0.5, 0.6) is 5.75 Å². The first-order chi connectivity index (χ1) is 14.2. The molecule has 0 saturated heterocycles. The minimum atomic E-state index is -3.78. The molecule has 0 unspecified atom stereocenters. The van der Waals surface area contributed by atoms with Crippen molar-refractivity contribution in [2.75, 3.05) is 10.0 Å². The van der Waals surface area contributed by atoms with Crippen LogP contribution in [0.3, 0.4) is 0 Å². The van der Waals surface area contributed by atoms with Crippen molar-refractivity contribution in [2.24, 2.45) is 0 Å². The number of halogens is 1. The van der Waals surface area contributed by atoms with Crippen molar-refractivity contribution in [2.45, 2.75) is 24.8 Å². The molecule has 2 N–H and O–H groups in total. The van der Waals surface area contributed by atoms with E-state index in [0.717, 1.165) is 0 Å². The number of amides is 1. The highest BCUT2D eigenvalue weighted by Crippen LogP contribution is 2.21. The molecule has 156 valence electrons. The Morgan fingerprint density at radius 3 is 2.20 bits per heavy atom. The second-order valence-corrected chi connectivity index (χ2v) is 8.90. The number of sulfonamides is 1. The molecule has 0 radical (unpaired) electrons. The Hall–Kier alpha value is -3.03. The molecule has 6 nitrogen and oxygen atoms in total. The summed E-state index contributed by atoms with van der Waals surface area (Å²) >= 11 is 5.89. The molecule has 0 saturated carbocycles. The third-order valence-electron chi connectivity index (χ3n) is 3.99. The third-order valence-corrected chi connectivity index (χ3v) is 5.62. The summed E-state index contributed by atoms with van der Waals surface area (Å²) in [6, 6.07) is 19.1. The smallest absolute Gasteiger partial charge is 0.261 e. The van der Waals surface area contributed by atoms with Crippen LogP contribution < -0.4 is 14.8 Å². The third kappa shape index (κ3) is 5.75. The lowest BCUT2D eigenvalue weighted by molar-refractivity contribution is 0.102.